The van der Waals surface area contributed by atoms with E-state index in [1.807, 2.05) is 44.4 Å². The molecule has 1 aliphatic carbocycles. The Morgan fingerprint density at radius 1 is 1.35 bits per heavy atom. The van der Waals surface area contributed by atoms with Gasteiger partial charge in [0.2, 0.25) is 0 Å². The average Bonchev–Trinajstić information content (AvgIpc) is 3.27. The SMILES string of the molecule is COC(=O)C(CCN(C)C)(NC1CC1)c1ccccc1. The van der Waals surface area contributed by atoms with E-state index >= 15 is 0 Å². The summed E-state index contributed by atoms with van der Waals surface area (Å²) in [6, 6.07) is 10.3. The van der Waals surface area contributed by atoms with E-state index in [4.69, 9.17) is 4.74 Å². The summed E-state index contributed by atoms with van der Waals surface area (Å²) in [6.07, 6.45) is 2.97. The zero-order valence-electron chi connectivity index (χ0n) is 12.6. The lowest BCUT2D eigenvalue weighted by Gasteiger charge is -2.34. The molecule has 1 fully saturated rings. The fraction of sp³-hybridized carbons (Fsp3) is 0.562. The summed E-state index contributed by atoms with van der Waals surface area (Å²) in [6.45, 7) is 0.823. The molecule has 1 N–H and O–H groups in total. The van der Waals surface area contributed by atoms with Crippen molar-refractivity contribution in [1.82, 2.24) is 10.2 Å². The largest absolute Gasteiger partial charge is 0.467 e. The summed E-state index contributed by atoms with van der Waals surface area (Å²) in [4.78, 5) is 14.6. The summed E-state index contributed by atoms with van der Waals surface area (Å²) in [5, 5.41) is 3.53. The average molecular weight is 276 g/mol. The minimum absolute atomic E-state index is 0.197. The van der Waals surface area contributed by atoms with Gasteiger partial charge in [0.25, 0.3) is 0 Å². The third-order valence-electron chi connectivity index (χ3n) is 3.76. The van der Waals surface area contributed by atoms with Crippen LogP contribution in [-0.2, 0) is 15.1 Å². The van der Waals surface area contributed by atoms with Crippen molar-refractivity contribution in [2.24, 2.45) is 0 Å². The van der Waals surface area contributed by atoms with Gasteiger partial charge in [0.05, 0.1) is 7.11 Å². The Kier molecular flexibility index (Phi) is 4.78. The molecule has 0 heterocycles. The Labute approximate surface area is 121 Å². The maximum absolute atomic E-state index is 12.5. The van der Waals surface area contributed by atoms with Gasteiger partial charge < -0.3 is 9.64 Å². The van der Waals surface area contributed by atoms with Crippen LogP contribution >= 0.6 is 0 Å². The monoisotopic (exact) mass is 276 g/mol. The lowest BCUT2D eigenvalue weighted by atomic mass is 9.86. The lowest BCUT2D eigenvalue weighted by Crippen LogP contribution is -2.52. The number of nitrogens with zero attached hydrogens (tertiary/aromatic N) is 1. The Hall–Kier alpha value is -1.39. The first-order chi connectivity index (χ1) is 9.58. The number of hydrogen-bond acceptors (Lipinski definition) is 4. The van der Waals surface area contributed by atoms with Gasteiger partial charge in [-0.1, -0.05) is 30.3 Å². The summed E-state index contributed by atoms with van der Waals surface area (Å²) in [7, 11) is 5.50. The van der Waals surface area contributed by atoms with Gasteiger partial charge in [-0.05, 0) is 38.9 Å². The summed E-state index contributed by atoms with van der Waals surface area (Å²) >= 11 is 0. The molecule has 1 saturated carbocycles. The van der Waals surface area contributed by atoms with E-state index in [0.29, 0.717) is 12.5 Å². The van der Waals surface area contributed by atoms with Gasteiger partial charge in [0.15, 0.2) is 0 Å². The highest BCUT2D eigenvalue weighted by Crippen LogP contribution is 2.32. The third kappa shape index (κ3) is 3.38. The molecule has 0 radical (unpaired) electrons. The highest BCUT2D eigenvalue weighted by atomic mass is 16.5. The quantitative estimate of drug-likeness (QED) is 0.771. The van der Waals surface area contributed by atoms with Gasteiger partial charge in [-0.3, -0.25) is 5.32 Å². The third-order valence-corrected chi connectivity index (χ3v) is 3.76. The second-order valence-corrected chi connectivity index (χ2v) is 5.73. The van der Waals surface area contributed by atoms with Gasteiger partial charge in [-0.2, -0.15) is 0 Å². The van der Waals surface area contributed by atoms with Crippen LogP contribution < -0.4 is 5.32 Å². The Bertz CT molecular complexity index is 443. The number of ether oxygens (including phenoxy) is 1. The van der Waals surface area contributed by atoms with Crippen molar-refractivity contribution in [2.75, 3.05) is 27.7 Å². The highest BCUT2D eigenvalue weighted by Gasteiger charge is 2.44. The second kappa shape index (κ2) is 6.37. The van der Waals surface area contributed by atoms with Gasteiger partial charge in [0.1, 0.15) is 5.54 Å². The number of carbonyl (C=O) groups excluding carboxylic acids is 1. The standard InChI is InChI=1S/C16H24N2O2/c1-18(2)12-11-16(15(19)20-3,17-14-9-10-14)13-7-5-4-6-8-13/h4-8,14,17H,9-12H2,1-3H3. The topological polar surface area (TPSA) is 41.6 Å². The van der Waals surface area contributed by atoms with Crippen molar-refractivity contribution >= 4 is 5.97 Å². The van der Waals surface area contributed by atoms with Crippen molar-refractivity contribution in [1.29, 1.82) is 0 Å². The van der Waals surface area contributed by atoms with Crippen LogP contribution in [-0.4, -0.2) is 44.7 Å². The smallest absolute Gasteiger partial charge is 0.330 e. The lowest BCUT2D eigenvalue weighted by molar-refractivity contribution is -0.149. The first kappa shape index (κ1) is 15.0. The Balaban J connectivity index is 2.33. The van der Waals surface area contributed by atoms with Crippen LogP contribution in [0.2, 0.25) is 0 Å². The molecule has 0 bridgehead atoms. The number of esters is 1. The van der Waals surface area contributed by atoms with Crippen LogP contribution in [0.3, 0.4) is 0 Å². The van der Waals surface area contributed by atoms with E-state index in [-0.39, 0.29) is 5.97 Å². The van der Waals surface area contributed by atoms with E-state index in [9.17, 15) is 4.79 Å². The molecular formula is C16H24N2O2. The number of nitrogens with one attached hydrogen (secondary N) is 1. The minimum Gasteiger partial charge on any atom is -0.467 e. The molecule has 0 aromatic heterocycles. The molecule has 0 amide bonds. The maximum Gasteiger partial charge on any atom is 0.330 e. The van der Waals surface area contributed by atoms with Crippen molar-refractivity contribution in [2.45, 2.75) is 30.8 Å². The fourth-order valence-electron chi connectivity index (χ4n) is 2.44. The van der Waals surface area contributed by atoms with Gasteiger partial charge in [0, 0.05) is 12.6 Å². The van der Waals surface area contributed by atoms with Crippen LogP contribution in [0.1, 0.15) is 24.8 Å². The summed E-state index contributed by atoms with van der Waals surface area (Å²) in [5.74, 6) is -0.197. The molecule has 1 atom stereocenters. The van der Waals surface area contributed by atoms with Crippen LogP contribution in [0.5, 0.6) is 0 Å². The van der Waals surface area contributed by atoms with Crippen LogP contribution in [0.15, 0.2) is 30.3 Å². The van der Waals surface area contributed by atoms with Crippen molar-refractivity contribution in [3.63, 3.8) is 0 Å². The number of rotatable bonds is 7. The van der Waals surface area contributed by atoms with Crippen LogP contribution in [0.4, 0.5) is 0 Å². The summed E-state index contributed by atoms with van der Waals surface area (Å²) < 4.78 is 5.11. The molecule has 1 aromatic carbocycles. The molecule has 4 heteroatoms. The predicted octanol–water partition coefficient (Wildman–Crippen LogP) is 1.76. The minimum atomic E-state index is -0.735. The van der Waals surface area contributed by atoms with Gasteiger partial charge in [-0.15, -0.1) is 0 Å². The molecular weight excluding hydrogens is 252 g/mol. The van der Waals surface area contributed by atoms with E-state index in [1.165, 1.54) is 7.11 Å². The molecule has 1 aromatic rings. The summed E-state index contributed by atoms with van der Waals surface area (Å²) in [5.41, 5.74) is 0.252. The first-order valence-corrected chi connectivity index (χ1v) is 7.15. The zero-order chi connectivity index (χ0) is 14.6. The molecule has 0 saturated heterocycles. The molecule has 20 heavy (non-hydrogen) atoms. The molecule has 0 aliphatic heterocycles. The number of methoxy groups -OCH3 is 1. The van der Waals surface area contributed by atoms with E-state index in [2.05, 4.69) is 10.2 Å². The van der Waals surface area contributed by atoms with Crippen molar-refractivity contribution in [3.8, 4) is 0 Å². The van der Waals surface area contributed by atoms with Crippen molar-refractivity contribution < 1.29 is 9.53 Å². The van der Waals surface area contributed by atoms with E-state index < -0.39 is 5.54 Å². The number of carbonyl (C=O) groups is 1. The molecule has 4 nitrogen and oxygen atoms in total. The normalized spacial score (nSPS) is 17.8. The highest BCUT2D eigenvalue weighted by molar-refractivity contribution is 5.82. The van der Waals surface area contributed by atoms with Gasteiger partial charge in [-0.25, -0.2) is 4.79 Å². The molecule has 0 spiro atoms. The Morgan fingerprint density at radius 3 is 2.50 bits per heavy atom. The molecule has 1 unspecified atom stereocenters. The molecule has 1 aliphatic rings. The second-order valence-electron chi connectivity index (χ2n) is 5.73. The van der Waals surface area contributed by atoms with E-state index in [1.54, 1.807) is 0 Å². The van der Waals surface area contributed by atoms with Crippen LogP contribution in [0.25, 0.3) is 0 Å². The zero-order valence-corrected chi connectivity index (χ0v) is 12.6. The Morgan fingerprint density at radius 2 is 2.00 bits per heavy atom. The van der Waals surface area contributed by atoms with Crippen LogP contribution in [0, 0.1) is 0 Å². The first-order valence-electron chi connectivity index (χ1n) is 7.15. The molecule has 2 rings (SSSR count). The van der Waals surface area contributed by atoms with Gasteiger partial charge >= 0.3 is 5.97 Å². The number of hydrogen-bond donors (Lipinski definition) is 1. The predicted molar refractivity (Wildman–Crippen MR) is 79.5 cm³/mol. The fourth-order valence-corrected chi connectivity index (χ4v) is 2.44. The molecule has 110 valence electrons. The van der Waals surface area contributed by atoms with Crippen molar-refractivity contribution in [3.05, 3.63) is 35.9 Å². The van der Waals surface area contributed by atoms with E-state index in [0.717, 1.165) is 24.9 Å². The number of benzene rings is 1. The maximum atomic E-state index is 12.5.